The minimum Gasteiger partial charge on any atom is -0.324 e. The lowest BCUT2D eigenvalue weighted by Crippen LogP contribution is -2.21. The zero-order chi connectivity index (χ0) is 14.7. The molecule has 0 spiro atoms. The summed E-state index contributed by atoms with van der Waals surface area (Å²) < 4.78 is 0. The number of hydrogen-bond acceptors (Lipinski definition) is 1. The summed E-state index contributed by atoms with van der Waals surface area (Å²) >= 11 is 0. The van der Waals surface area contributed by atoms with Gasteiger partial charge in [-0.2, -0.15) is 0 Å². The third kappa shape index (κ3) is 3.19. The van der Waals surface area contributed by atoms with Gasteiger partial charge in [-0.15, -0.1) is 0 Å². The van der Waals surface area contributed by atoms with Crippen LogP contribution in [0.4, 0.5) is 0 Å². The Morgan fingerprint density at radius 3 is 2.19 bits per heavy atom. The first-order chi connectivity index (χ1) is 10.3. The van der Waals surface area contributed by atoms with E-state index >= 15 is 0 Å². The van der Waals surface area contributed by atoms with Gasteiger partial charge in [-0.1, -0.05) is 61.9 Å². The summed E-state index contributed by atoms with van der Waals surface area (Å²) in [7, 11) is 0. The fourth-order valence-corrected chi connectivity index (χ4v) is 3.41. The average Bonchev–Trinajstić information content (AvgIpc) is 2.96. The van der Waals surface area contributed by atoms with E-state index in [9.17, 15) is 0 Å². The van der Waals surface area contributed by atoms with Gasteiger partial charge in [0.15, 0.2) is 0 Å². The number of rotatable bonds is 5. The molecule has 2 N–H and O–H groups in total. The summed E-state index contributed by atoms with van der Waals surface area (Å²) in [5.41, 5.74) is 12.2. The normalized spacial score (nSPS) is 15.9. The van der Waals surface area contributed by atoms with Crippen molar-refractivity contribution < 1.29 is 0 Å². The summed E-state index contributed by atoms with van der Waals surface area (Å²) in [6.45, 7) is 2.24. The monoisotopic (exact) mass is 279 g/mol. The second-order valence-corrected chi connectivity index (χ2v) is 6.31. The molecule has 1 unspecified atom stereocenters. The van der Waals surface area contributed by atoms with Gasteiger partial charge in [0.05, 0.1) is 0 Å². The molecule has 0 aromatic heterocycles. The fourth-order valence-electron chi connectivity index (χ4n) is 3.41. The maximum Gasteiger partial charge on any atom is 0.0329 e. The summed E-state index contributed by atoms with van der Waals surface area (Å²) in [6, 6.07) is 17.9. The fraction of sp³-hybridized carbons (Fsp3) is 0.400. The molecule has 0 amide bonds. The van der Waals surface area contributed by atoms with E-state index in [0.717, 1.165) is 12.8 Å². The van der Waals surface area contributed by atoms with E-state index in [1.165, 1.54) is 41.5 Å². The van der Waals surface area contributed by atoms with Crippen molar-refractivity contribution in [2.45, 2.75) is 45.1 Å². The second-order valence-electron chi connectivity index (χ2n) is 6.31. The predicted molar refractivity (Wildman–Crippen MR) is 89.3 cm³/mol. The Hall–Kier alpha value is -1.60. The molecule has 2 aromatic rings. The van der Waals surface area contributed by atoms with Crippen LogP contribution in [-0.4, -0.2) is 0 Å². The van der Waals surface area contributed by atoms with Crippen molar-refractivity contribution in [1.82, 2.24) is 0 Å². The van der Waals surface area contributed by atoms with Gasteiger partial charge in [0, 0.05) is 6.04 Å². The van der Waals surface area contributed by atoms with Crippen LogP contribution >= 0.6 is 0 Å². The van der Waals surface area contributed by atoms with Gasteiger partial charge < -0.3 is 5.73 Å². The molecular weight excluding hydrogens is 254 g/mol. The number of aryl methyl sites for hydroxylation is 1. The van der Waals surface area contributed by atoms with Crippen LogP contribution in [-0.2, 0) is 19.3 Å². The predicted octanol–water partition coefficient (Wildman–Crippen LogP) is 4.44. The van der Waals surface area contributed by atoms with E-state index in [4.69, 9.17) is 5.73 Å². The van der Waals surface area contributed by atoms with Gasteiger partial charge in [0.2, 0.25) is 0 Å². The molecule has 1 aliphatic carbocycles. The minimum absolute atomic E-state index is 0.151. The van der Waals surface area contributed by atoms with E-state index in [-0.39, 0.29) is 6.04 Å². The molecule has 3 rings (SSSR count). The zero-order valence-corrected chi connectivity index (χ0v) is 12.9. The van der Waals surface area contributed by atoms with Gasteiger partial charge >= 0.3 is 0 Å². The van der Waals surface area contributed by atoms with Crippen molar-refractivity contribution in [1.29, 1.82) is 0 Å². The third-order valence-electron chi connectivity index (χ3n) is 4.77. The molecule has 0 saturated carbocycles. The van der Waals surface area contributed by atoms with Crippen LogP contribution in [0.1, 0.15) is 48.1 Å². The van der Waals surface area contributed by atoms with Crippen molar-refractivity contribution in [3.8, 4) is 0 Å². The molecule has 1 atom stereocenters. The molecule has 0 fully saturated rings. The molecule has 1 aliphatic rings. The Morgan fingerprint density at radius 1 is 1.00 bits per heavy atom. The number of nitrogens with two attached hydrogens (primary N) is 1. The molecule has 0 saturated heterocycles. The Balaban J connectivity index is 1.67. The summed E-state index contributed by atoms with van der Waals surface area (Å²) in [6.07, 6.45) is 5.94. The van der Waals surface area contributed by atoms with E-state index in [1.54, 1.807) is 0 Å². The quantitative estimate of drug-likeness (QED) is 0.860. The Morgan fingerprint density at radius 2 is 1.62 bits per heavy atom. The smallest absolute Gasteiger partial charge is 0.0329 e. The lowest BCUT2D eigenvalue weighted by molar-refractivity contribution is 0.453. The maximum absolute atomic E-state index is 6.53. The van der Waals surface area contributed by atoms with E-state index in [1.807, 2.05) is 0 Å². The highest BCUT2D eigenvalue weighted by Crippen LogP contribution is 2.33. The highest BCUT2D eigenvalue weighted by molar-refractivity contribution is 5.34. The minimum atomic E-state index is 0.151. The standard InChI is InChI=1S/C20H25N/c1-2-3-6-15-9-11-16(12-10-15)20(21)19-13-17-7-4-5-8-18(17)14-19/h4-5,7-12,19-20H,2-3,6,13-14,21H2,1H3. The highest BCUT2D eigenvalue weighted by Gasteiger charge is 2.26. The van der Waals surface area contributed by atoms with Crippen LogP contribution in [0.25, 0.3) is 0 Å². The van der Waals surface area contributed by atoms with E-state index in [2.05, 4.69) is 55.5 Å². The lowest BCUT2D eigenvalue weighted by Gasteiger charge is -2.19. The van der Waals surface area contributed by atoms with Crippen LogP contribution < -0.4 is 5.73 Å². The van der Waals surface area contributed by atoms with Crippen molar-refractivity contribution in [3.05, 3.63) is 70.8 Å². The molecule has 110 valence electrons. The first kappa shape index (κ1) is 14.3. The first-order valence-corrected chi connectivity index (χ1v) is 8.19. The number of benzene rings is 2. The van der Waals surface area contributed by atoms with Crippen LogP contribution in [0.5, 0.6) is 0 Å². The van der Waals surface area contributed by atoms with Gasteiger partial charge in [-0.3, -0.25) is 0 Å². The van der Waals surface area contributed by atoms with Crippen molar-refractivity contribution >= 4 is 0 Å². The molecular formula is C20H25N. The van der Waals surface area contributed by atoms with Crippen LogP contribution in [0, 0.1) is 5.92 Å². The van der Waals surface area contributed by atoms with Crippen LogP contribution in [0.15, 0.2) is 48.5 Å². The number of unbranched alkanes of at least 4 members (excludes halogenated alkanes) is 1. The average molecular weight is 279 g/mol. The molecule has 0 aliphatic heterocycles. The second kappa shape index (κ2) is 6.44. The maximum atomic E-state index is 6.53. The highest BCUT2D eigenvalue weighted by atomic mass is 14.7. The zero-order valence-electron chi connectivity index (χ0n) is 12.9. The SMILES string of the molecule is CCCCc1ccc(C(N)C2Cc3ccccc3C2)cc1. The van der Waals surface area contributed by atoms with Crippen molar-refractivity contribution in [2.75, 3.05) is 0 Å². The Bertz CT molecular complexity index is 560. The van der Waals surface area contributed by atoms with Crippen molar-refractivity contribution in [3.63, 3.8) is 0 Å². The topological polar surface area (TPSA) is 26.0 Å². The van der Waals surface area contributed by atoms with Crippen LogP contribution in [0.3, 0.4) is 0 Å². The first-order valence-electron chi connectivity index (χ1n) is 8.19. The molecule has 2 aromatic carbocycles. The van der Waals surface area contributed by atoms with E-state index < -0.39 is 0 Å². The molecule has 0 radical (unpaired) electrons. The number of hydrogen-bond donors (Lipinski definition) is 1. The van der Waals surface area contributed by atoms with Crippen LogP contribution in [0.2, 0.25) is 0 Å². The molecule has 0 heterocycles. The summed E-state index contributed by atoms with van der Waals surface area (Å²) in [5.74, 6) is 0.545. The molecule has 1 nitrogen and oxygen atoms in total. The molecule has 1 heteroatoms. The third-order valence-corrected chi connectivity index (χ3v) is 4.77. The summed E-state index contributed by atoms with van der Waals surface area (Å²) in [4.78, 5) is 0. The van der Waals surface area contributed by atoms with Crippen molar-refractivity contribution in [2.24, 2.45) is 11.7 Å². The largest absolute Gasteiger partial charge is 0.324 e. The molecule has 0 bridgehead atoms. The molecule has 21 heavy (non-hydrogen) atoms. The lowest BCUT2D eigenvalue weighted by atomic mass is 9.90. The number of fused-ring (bicyclic) bond motifs is 1. The van der Waals surface area contributed by atoms with Gasteiger partial charge in [0.1, 0.15) is 0 Å². The Kier molecular flexibility index (Phi) is 4.40. The van der Waals surface area contributed by atoms with Gasteiger partial charge in [0.25, 0.3) is 0 Å². The summed E-state index contributed by atoms with van der Waals surface area (Å²) in [5, 5.41) is 0. The van der Waals surface area contributed by atoms with Gasteiger partial charge in [-0.25, -0.2) is 0 Å². The van der Waals surface area contributed by atoms with E-state index in [0.29, 0.717) is 5.92 Å². The Labute approximate surface area is 128 Å². The van der Waals surface area contributed by atoms with Gasteiger partial charge in [-0.05, 0) is 53.9 Å².